The van der Waals surface area contributed by atoms with E-state index < -0.39 is 6.04 Å². The fourth-order valence-electron chi connectivity index (χ4n) is 7.94. The molecule has 2 fully saturated rings. The predicted octanol–water partition coefficient (Wildman–Crippen LogP) is 4.54. The number of rotatable bonds is 15. The number of nitrogens with one attached hydrogen (secondary N) is 3. The molecule has 0 aliphatic carbocycles. The molecule has 5 aromatic rings. The summed E-state index contributed by atoms with van der Waals surface area (Å²) in [5, 5.41) is 17.4. The highest BCUT2D eigenvalue weighted by molar-refractivity contribution is 6.05. The Balaban J connectivity index is 0.00000561. The van der Waals surface area contributed by atoms with Crippen LogP contribution in [0, 0.1) is 0 Å². The van der Waals surface area contributed by atoms with Crippen LogP contribution in [0.3, 0.4) is 0 Å². The summed E-state index contributed by atoms with van der Waals surface area (Å²) in [6.07, 6.45) is 5.72. The molecule has 2 aromatic heterocycles. The lowest BCUT2D eigenvalue weighted by molar-refractivity contribution is -0.136. The van der Waals surface area contributed by atoms with Gasteiger partial charge in [0, 0.05) is 74.9 Å². The maximum Gasteiger partial charge on any atom is 0.255 e. The molecule has 0 spiro atoms. The number of imide groups is 1. The summed E-state index contributed by atoms with van der Waals surface area (Å²) >= 11 is 0. The molecule has 3 N–H and O–H groups in total. The standard InChI is InChI=1S/C44H49N11O5.ClH/c1-29(48-42(57)31-6-5-7-33(24-31)46-26-39-50-51-41(52(39)2)37-16-17-45-28-47-37)30-8-11-35(12-9-30)60-23-4-3-18-53-19-21-54(22-20-53)34-10-13-36-32(25-34)27-55(44(36)59)38-14-15-40(56)49-43(38)58;/h5-13,16-17,24-25,28-29,38,46H,3-4,14-15,18-23,26-27H2,1-2H3,(H,48,57)(H,49,56,58);1H/t29-,38?;/m1./s1. The first-order chi connectivity index (χ1) is 29.2. The smallest absolute Gasteiger partial charge is 0.255 e. The van der Waals surface area contributed by atoms with Crippen LogP contribution in [0.2, 0.25) is 0 Å². The minimum atomic E-state index is -0.605. The summed E-state index contributed by atoms with van der Waals surface area (Å²) in [7, 11) is 1.89. The van der Waals surface area contributed by atoms with Crippen LogP contribution < -0.4 is 25.6 Å². The van der Waals surface area contributed by atoms with E-state index in [-0.39, 0.29) is 48.5 Å². The normalized spacial score (nSPS) is 17.0. The zero-order chi connectivity index (χ0) is 41.6. The Morgan fingerprint density at radius 1 is 0.967 bits per heavy atom. The lowest BCUT2D eigenvalue weighted by Crippen LogP contribution is -2.52. The Bertz CT molecular complexity index is 2350. The van der Waals surface area contributed by atoms with Gasteiger partial charge in [-0.25, -0.2) is 9.97 Å². The molecular formula is C44H50ClN11O5. The maximum atomic E-state index is 13.2. The number of hydrogen-bond acceptors (Lipinski definition) is 12. The topological polar surface area (TPSA) is 180 Å². The first-order valence-electron chi connectivity index (χ1n) is 20.5. The third-order valence-corrected chi connectivity index (χ3v) is 11.5. The summed E-state index contributed by atoms with van der Waals surface area (Å²) in [5.41, 5.74) is 5.67. The highest BCUT2D eigenvalue weighted by Crippen LogP contribution is 2.31. The number of carbonyl (C=O) groups excluding carboxylic acids is 4. The Hall–Kier alpha value is -6.39. The molecule has 0 bridgehead atoms. The number of fused-ring (bicyclic) bond motifs is 1. The van der Waals surface area contributed by atoms with Crippen LogP contribution in [0.15, 0.2) is 85.3 Å². The number of amides is 4. The van der Waals surface area contributed by atoms with E-state index in [1.165, 1.54) is 6.33 Å². The number of ether oxygens (including phenoxy) is 1. The van der Waals surface area contributed by atoms with Gasteiger partial charge in [0.25, 0.3) is 11.8 Å². The van der Waals surface area contributed by atoms with Crippen LogP contribution in [-0.2, 0) is 29.7 Å². The van der Waals surface area contributed by atoms with Crippen molar-refractivity contribution in [2.75, 3.05) is 49.5 Å². The number of halogens is 1. The first-order valence-corrected chi connectivity index (χ1v) is 20.5. The van der Waals surface area contributed by atoms with Gasteiger partial charge in [0.1, 0.15) is 23.8 Å². The maximum absolute atomic E-state index is 13.2. The second kappa shape index (κ2) is 19.3. The first kappa shape index (κ1) is 42.7. The molecule has 5 heterocycles. The summed E-state index contributed by atoms with van der Waals surface area (Å²) in [6.45, 7) is 8.09. The van der Waals surface area contributed by atoms with Crippen molar-refractivity contribution in [3.05, 3.63) is 113 Å². The highest BCUT2D eigenvalue weighted by Gasteiger charge is 2.39. The molecule has 3 aromatic carbocycles. The Morgan fingerprint density at radius 2 is 1.79 bits per heavy atom. The molecule has 8 rings (SSSR count). The van der Waals surface area contributed by atoms with Gasteiger partial charge in [-0.15, -0.1) is 22.6 Å². The number of piperidine rings is 1. The molecule has 3 aliphatic heterocycles. The molecule has 0 radical (unpaired) electrons. The van der Waals surface area contributed by atoms with Gasteiger partial charge in [-0.2, -0.15) is 0 Å². The van der Waals surface area contributed by atoms with E-state index in [1.807, 2.05) is 73.1 Å². The molecule has 17 heteroatoms. The average molecular weight is 848 g/mol. The van der Waals surface area contributed by atoms with Crippen molar-refractivity contribution in [3.63, 3.8) is 0 Å². The number of carbonyl (C=O) groups is 4. The van der Waals surface area contributed by atoms with E-state index in [2.05, 4.69) is 52.0 Å². The summed E-state index contributed by atoms with van der Waals surface area (Å²) in [4.78, 5) is 65.0. The Labute approximate surface area is 360 Å². The third-order valence-electron chi connectivity index (χ3n) is 11.5. The van der Waals surface area contributed by atoms with Crippen molar-refractivity contribution >= 4 is 47.4 Å². The van der Waals surface area contributed by atoms with E-state index in [1.54, 1.807) is 23.2 Å². The van der Waals surface area contributed by atoms with E-state index in [4.69, 9.17) is 4.74 Å². The van der Waals surface area contributed by atoms with E-state index in [0.717, 1.165) is 79.6 Å². The van der Waals surface area contributed by atoms with Gasteiger partial charge in [-0.3, -0.25) is 29.4 Å². The van der Waals surface area contributed by atoms with Gasteiger partial charge in [0.05, 0.1) is 19.2 Å². The number of piperazine rings is 1. The molecule has 61 heavy (non-hydrogen) atoms. The number of benzene rings is 3. The summed E-state index contributed by atoms with van der Waals surface area (Å²) < 4.78 is 7.93. The van der Waals surface area contributed by atoms with Gasteiger partial charge < -0.3 is 29.7 Å². The lowest BCUT2D eigenvalue weighted by Gasteiger charge is -2.36. The fraction of sp³-hybridized carbons (Fsp3) is 0.364. The largest absolute Gasteiger partial charge is 0.494 e. The average Bonchev–Trinajstić information content (AvgIpc) is 3.81. The van der Waals surface area contributed by atoms with Crippen molar-refractivity contribution in [1.82, 2.24) is 45.2 Å². The minimum absolute atomic E-state index is 0. The number of nitrogens with zero attached hydrogens (tertiary/aromatic N) is 8. The van der Waals surface area contributed by atoms with Gasteiger partial charge in [0.15, 0.2) is 11.6 Å². The number of hydrogen-bond donors (Lipinski definition) is 3. The Kier molecular flexibility index (Phi) is 13.5. The Morgan fingerprint density at radius 3 is 2.56 bits per heavy atom. The monoisotopic (exact) mass is 847 g/mol. The second-order valence-corrected chi connectivity index (χ2v) is 15.4. The van der Waals surface area contributed by atoms with Gasteiger partial charge in [-0.05, 0) is 98.5 Å². The molecule has 16 nitrogen and oxygen atoms in total. The SMILES string of the molecule is C[C@@H](NC(=O)c1cccc(NCc2nnc(-c3ccncn3)n2C)c1)c1ccc(OCCCCN2CCN(c3ccc4c(c3)CN(C3CCC(=O)NC3=O)C4=O)CC2)cc1.Cl. The van der Waals surface area contributed by atoms with Crippen LogP contribution in [0.1, 0.15) is 76.3 Å². The highest BCUT2D eigenvalue weighted by atomic mass is 35.5. The van der Waals surface area contributed by atoms with Gasteiger partial charge >= 0.3 is 0 Å². The van der Waals surface area contributed by atoms with Crippen LogP contribution >= 0.6 is 12.4 Å². The fourth-order valence-corrected chi connectivity index (χ4v) is 7.94. The second-order valence-electron chi connectivity index (χ2n) is 15.4. The van der Waals surface area contributed by atoms with Crippen molar-refractivity contribution in [1.29, 1.82) is 0 Å². The van der Waals surface area contributed by atoms with Crippen molar-refractivity contribution in [2.45, 2.75) is 57.8 Å². The van der Waals surface area contributed by atoms with Crippen molar-refractivity contribution in [3.8, 4) is 17.3 Å². The zero-order valence-electron chi connectivity index (χ0n) is 34.3. The summed E-state index contributed by atoms with van der Waals surface area (Å²) in [5.74, 6) is 1.19. The predicted molar refractivity (Wildman–Crippen MR) is 231 cm³/mol. The number of aromatic nitrogens is 5. The van der Waals surface area contributed by atoms with Crippen LogP contribution in [-0.4, -0.2) is 104 Å². The molecular weight excluding hydrogens is 798 g/mol. The molecule has 2 saturated heterocycles. The van der Waals surface area contributed by atoms with Crippen LogP contribution in [0.4, 0.5) is 11.4 Å². The minimum Gasteiger partial charge on any atom is -0.494 e. The number of anilines is 2. The van der Waals surface area contributed by atoms with E-state index in [0.29, 0.717) is 48.8 Å². The lowest BCUT2D eigenvalue weighted by atomic mass is 10.0. The van der Waals surface area contributed by atoms with Crippen LogP contribution in [0.25, 0.3) is 11.5 Å². The quantitative estimate of drug-likeness (QED) is 0.0992. The number of unbranched alkanes of at least 4 members (excludes halogenated alkanes) is 1. The van der Waals surface area contributed by atoms with Gasteiger partial charge in [0.2, 0.25) is 11.8 Å². The van der Waals surface area contributed by atoms with Crippen molar-refractivity contribution in [2.24, 2.45) is 7.05 Å². The van der Waals surface area contributed by atoms with E-state index in [9.17, 15) is 19.2 Å². The molecule has 0 saturated carbocycles. The zero-order valence-corrected chi connectivity index (χ0v) is 35.1. The van der Waals surface area contributed by atoms with E-state index >= 15 is 0 Å². The molecule has 2 atom stereocenters. The van der Waals surface area contributed by atoms with Gasteiger partial charge in [-0.1, -0.05) is 18.2 Å². The molecule has 318 valence electrons. The molecule has 3 aliphatic rings. The summed E-state index contributed by atoms with van der Waals surface area (Å²) in [6, 6.07) is 22.2. The third kappa shape index (κ3) is 9.98. The molecule has 1 unspecified atom stereocenters. The van der Waals surface area contributed by atoms with Crippen LogP contribution in [0.5, 0.6) is 5.75 Å². The van der Waals surface area contributed by atoms with Crippen molar-refractivity contribution < 1.29 is 23.9 Å². The molecule has 4 amide bonds.